The molecular weight excluding hydrogens is 296 g/mol. The Morgan fingerprint density at radius 3 is 2.59 bits per heavy atom. The summed E-state index contributed by atoms with van der Waals surface area (Å²) in [6.07, 6.45) is 3.48. The molecule has 1 heterocycles. The molecule has 0 aliphatic carbocycles. The molecule has 3 nitrogen and oxygen atoms in total. The Labute approximate surface area is 140 Å². The Kier molecular flexibility index (Phi) is 7.91. The lowest BCUT2D eigenvalue weighted by molar-refractivity contribution is -0.122. The number of nitrogens with one attached hydrogen (secondary N) is 2. The van der Waals surface area contributed by atoms with Crippen LogP contribution in [0.1, 0.15) is 57.1 Å². The molecule has 2 atom stereocenters. The monoisotopic (exact) mass is 324 g/mol. The first kappa shape index (κ1) is 19.0. The minimum absolute atomic E-state index is 0. The molecule has 1 aliphatic heterocycles. The summed E-state index contributed by atoms with van der Waals surface area (Å²) in [6.45, 7) is 7.57. The van der Waals surface area contributed by atoms with Gasteiger partial charge in [-0.1, -0.05) is 38.1 Å². The average molecular weight is 325 g/mol. The number of hydrogen-bond acceptors (Lipinski definition) is 2. The molecule has 2 rings (SSSR count). The Hall–Kier alpha value is -1.06. The highest BCUT2D eigenvalue weighted by atomic mass is 35.5. The van der Waals surface area contributed by atoms with Crippen molar-refractivity contribution in [3.05, 3.63) is 35.4 Å². The van der Waals surface area contributed by atoms with Crippen LogP contribution in [0.4, 0.5) is 0 Å². The van der Waals surface area contributed by atoms with Gasteiger partial charge in [0.1, 0.15) is 0 Å². The van der Waals surface area contributed by atoms with E-state index < -0.39 is 0 Å². The van der Waals surface area contributed by atoms with Gasteiger partial charge in [0, 0.05) is 18.5 Å². The number of carbonyl (C=O) groups is 1. The van der Waals surface area contributed by atoms with E-state index in [0.29, 0.717) is 24.4 Å². The fraction of sp³-hybridized carbons (Fsp3) is 0.611. The van der Waals surface area contributed by atoms with E-state index >= 15 is 0 Å². The van der Waals surface area contributed by atoms with Gasteiger partial charge in [-0.2, -0.15) is 0 Å². The minimum Gasteiger partial charge on any atom is -0.353 e. The van der Waals surface area contributed by atoms with Crippen molar-refractivity contribution in [3.8, 4) is 0 Å². The Morgan fingerprint density at radius 2 is 2.00 bits per heavy atom. The number of carbonyl (C=O) groups excluding carboxylic acids is 1. The molecule has 1 amide bonds. The summed E-state index contributed by atoms with van der Waals surface area (Å²) in [5, 5.41) is 6.58. The van der Waals surface area contributed by atoms with Crippen LogP contribution in [-0.2, 0) is 11.2 Å². The van der Waals surface area contributed by atoms with E-state index in [1.54, 1.807) is 0 Å². The molecule has 2 N–H and O–H groups in total. The van der Waals surface area contributed by atoms with Gasteiger partial charge in [-0.25, -0.2) is 0 Å². The van der Waals surface area contributed by atoms with Crippen molar-refractivity contribution < 1.29 is 4.79 Å². The molecular formula is C18H29ClN2O. The van der Waals surface area contributed by atoms with Gasteiger partial charge in [0.05, 0.1) is 0 Å². The topological polar surface area (TPSA) is 41.1 Å². The maximum absolute atomic E-state index is 12.0. The van der Waals surface area contributed by atoms with Crippen molar-refractivity contribution in [2.75, 3.05) is 6.54 Å². The third-order valence-corrected chi connectivity index (χ3v) is 4.28. The van der Waals surface area contributed by atoms with Crippen LogP contribution in [0.25, 0.3) is 0 Å². The number of piperidine rings is 1. The van der Waals surface area contributed by atoms with Gasteiger partial charge in [0.25, 0.3) is 0 Å². The second-order valence-electron chi connectivity index (χ2n) is 6.54. The second kappa shape index (κ2) is 9.16. The molecule has 1 aliphatic rings. The highest BCUT2D eigenvalue weighted by Crippen LogP contribution is 2.15. The van der Waals surface area contributed by atoms with Crippen molar-refractivity contribution in [2.45, 2.75) is 64.5 Å². The summed E-state index contributed by atoms with van der Waals surface area (Å²) < 4.78 is 0. The normalized spacial score (nSPS) is 21.3. The van der Waals surface area contributed by atoms with Crippen molar-refractivity contribution in [1.29, 1.82) is 0 Å². The molecule has 1 saturated heterocycles. The lowest BCUT2D eigenvalue weighted by Gasteiger charge is -2.28. The van der Waals surface area contributed by atoms with E-state index in [2.05, 4.69) is 55.7 Å². The summed E-state index contributed by atoms with van der Waals surface area (Å²) in [5.74, 6) is 0.742. The molecule has 2 unspecified atom stereocenters. The molecule has 124 valence electrons. The summed E-state index contributed by atoms with van der Waals surface area (Å²) in [4.78, 5) is 12.0. The van der Waals surface area contributed by atoms with Crippen LogP contribution in [0.3, 0.4) is 0 Å². The zero-order valence-corrected chi connectivity index (χ0v) is 14.7. The maximum atomic E-state index is 12.0. The Morgan fingerprint density at radius 1 is 1.32 bits per heavy atom. The number of amides is 1. The molecule has 1 aromatic rings. The van der Waals surface area contributed by atoms with Crippen LogP contribution in [0, 0.1) is 0 Å². The van der Waals surface area contributed by atoms with E-state index in [0.717, 1.165) is 25.8 Å². The van der Waals surface area contributed by atoms with Crippen LogP contribution >= 0.6 is 12.4 Å². The van der Waals surface area contributed by atoms with Crippen LogP contribution in [0.5, 0.6) is 0 Å². The lowest BCUT2D eigenvalue weighted by atomic mass is 9.99. The highest BCUT2D eigenvalue weighted by Gasteiger charge is 2.19. The van der Waals surface area contributed by atoms with E-state index in [1.165, 1.54) is 11.1 Å². The lowest BCUT2D eigenvalue weighted by Crippen LogP contribution is -2.46. The zero-order valence-electron chi connectivity index (χ0n) is 13.9. The number of benzene rings is 1. The second-order valence-corrected chi connectivity index (χ2v) is 6.54. The molecule has 0 bridgehead atoms. The predicted molar refractivity (Wildman–Crippen MR) is 94.7 cm³/mol. The first-order valence-corrected chi connectivity index (χ1v) is 8.16. The molecule has 22 heavy (non-hydrogen) atoms. The van der Waals surface area contributed by atoms with Crippen LogP contribution in [0.15, 0.2) is 24.3 Å². The zero-order chi connectivity index (χ0) is 15.2. The van der Waals surface area contributed by atoms with Gasteiger partial charge in [-0.15, -0.1) is 12.4 Å². The standard InChI is InChI=1S/C18H28N2O.ClH/c1-13(2)16-7-4-15(5-8-16)6-9-18(21)20-17-10-11-19-14(3)12-17;/h4-5,7-8,13-14,17,19H,6,9-12H2,1-3H3,(H,20,21);1H. The highest BCUT2D eigenvalue weighted by molar-refractivity contribution is 5.85. The largest absolute Gasteiger partial charge is 0.353 e. The smallest absolute Gasteiger partial charge is 0.220 e. The number of rotatable bonds is 5. The van der Waals surface area contributed by atoms with Gasteiger partial charge in [0.15, 0.2) is 0 Å². The summed E-state index contributed by atoms with van der Waals surface area (Å²) in [6, 6.07) is 9.49. The van der Waals surface area contributed by atoms with Crippen LogP contribution in [0.2, 0.25) is 0 Å². The number of aryl methyl sites for hydroxylation is 1. The third-order valence-electron chi connectivity index (χ3n) is 4.28. The van der Waals surface area contributed by atoms with Crippen LogP contribution < -0.4 is 10.6 Å². The molecule has 0 spiro atoms. The van der Waals surface area contributed by atoms with E-state index in [1.807, 2.05) is 0 Å². The van der Waals surface area contributed by atoms with Gasteiger partial charge >= 0.3 is 0 Å². The van der Waals surface area contributed by atoms with Gasteiger partial charge in [-0.3, -0.25) is 4.79 Å². The Balaban J connectivity index is 0.00000242. The molecule has 0 aromatic heterocycles. The van der Waals surface area contributed by atoms with Crippen molar-refractivity contribution in [2.24, 2.45) is 0 Å². The minimum atomic E-state index is 0. The fourth-order valence-corrected chi connectivity index (χ4v) is 2.89. The summed E-state index contributed by atoms with van der Waals surface area (Å²) in [7, 11) is 0. The van der Waals surface area contributed by atoms with Crippen molar-refractivity contribution in [3.63, 3.8) is 0 Å². The average Bonchev–Trinajstić information content (AvgIpc) is 2.45. The quantitative estimate of drug-likeness (QED) is 0.871. The summed E-state index contributed by atoms with van der Waals surface area (Å²) in [5.41, 5.74) is 2.60. The summed E-state index contributed by atoms with van der Waals surface area (Å²) >= 11 is 0. The first-order chi connectivity index (χ1) is 10.0. The predicted octanol–water partition coefficient (Wildman–Crippen LogP) is 3.42. The molecule has 0 saturated carbocycles. The van der Waals surface area contributed by atoms with Crippen molar-refractivity contribution >= 4 is 18.3 Å². The first-order valence-electron chi connectivity index (χ1n) is 8.16. The van der Waals surface area contributed by atoms with E-state index in [9.17, 15) is 4.79 Å². The third kappa shape index (κ3) is 5.98. The molecule has 0 radical (unpaired) electrons. The fourth-order valence-electron chi connectivity index (χ4n) is 2.89. The number of halogens is 1. The van der Waals surface area contributed by atoms with Gasteiger partial charge in [0.2, 0.25) is 5.91 Å². The molecule has 1 aromatic carbocycles. The SMILES string of the molecule is CC1CC(NC(=O)CCc2ccc(C(C)C)cc2)CCN1.Cl. The van der Waals surface area contributed by atoms with E-state index in [-0.39, 0.29) is 18.3 Å². The molecule has 4 heteroatoms. The van der Waals surface area contributed by atoms with Crippen molar-refractivity contribution in [1.82, 2.24) is 10.6 Å². The molecule has 1 fully saturated rings. The maximum Gasteiger partial charge on any atom is 0.220 e. The van der Waals surface area contributed by atoms with E-state index in [4.69, 9.17) is 0 Å². The number of hydrogen-bond donors (Lipinski definition) is 2. The van der Waals surface area contributed by atoms with Crippen LogP contribution in [-0.4, -0.2) is 24.5 Å². The Bertz CT molecular complexity index is 459. The van der Waals surface area contributed by atoms with Gasteiger partial charge < -0.3 is 10.6 Å². The van der Waals surface area contributed by atoms with Gasteiger partial charge in [-0.05, 0) is 49.8 Å².